The first kappa shape index (κ1) is 16.5. The average Bonchev–Trinajstić information content (AvgIpc) is 2.58. The third kappa shape index (κ3) is 3.94. The first-order valence-electron chi connectivity index (χ1n) is 7.30. The van der Waals surface area contributed by atoms with E-state index in [0.29, 0.717) is 16.4 Å². The van der Waals surface area contributed by atoms with Crippen LogP contribution >= 0.6 is 12.0 Å². The van der Waals surface area contributed by atoms with Gasteiger partial charge in [-0.15, -0.1) is 0 Å². The maximum atomic E-state index is 13.3. The Balaban J connectivity index is 1.81. The molecule has 0 amide bonds. The highest BCUT2D eigenvalue weighted by Crippen LogP contribution is 2.31. The Labute approximate surface area is 141 Å². The van der Waals surface area contributed by atoms with Crippen LogP contribution in [0.2, 0.25) is 0 Å². The molecule has 0 bridgehead atoms. The molecule has 3 rings (SSSR count). The van der Waals surface area contributed by atoms with Gasteiger partial charge in [0.25, 0.3) is 0 Å². The summed E-state index contributed by atoms with van der Waals surface area (Å²) in [5, 5.41) is 0. The molecule has 1 unspecified atom stereocenters. The van der Waals surface area contributed by atoms with Crippen molar-refractivity contribution in [1.29, 1.82) is 0 Å². The highest BCUT2D eigenvalue weighted by molar-refractivity contribution is 7.93. The summed E-state index contributed by atoms with van der Waals surface area (Å²) in [6, 6.07) is 11.4. The van der Waals surface area contributed by atoms with Gasteiger partial charge in [0.15, 0.2) is 0 Å². The third-order valence-electron chi connectivity index (χ3n) is 3.66. The van der Waals surface area contributed by atoms with Crippen molar-refractivity contribution >= 4 is 22.8 Å². The van der Waals surface area contributed by atoms with Crippen LogP contribution in [0.25, 0.3) is 0 Å². The van der Waals surface area contributed by atoms with E-state index in [0.717, 1.165) is 24.2 Å². The standard InChI is InChI=1S/C17H17FO3S2/c1-22-20-11-14-7-5-12-6-8-16(10-17(12)21-14)23(19)15-4-2-3-13(18)9-15/h2-4,6,8-10,14H,5,7,11H2,1H3/t14-,23?/m1/s1. The van der Waals surface area contributed by atoms with E-state index < -0.39 is 10.8 Å². The average molecular weight is 352 g/mol. The Hall–Kier alpha value is -1.37. The zero-order valence-corrected chi connectivity index (χ0v) is 14.3. The maximum absolute atomic E-state index is 13.3. The molecule has 0 spiro atoms. The molecule has 1 heterocycles. The number of benzene rings is 2. The molecule has 2 aromatic rings. The second-order valence-electron chi connectivity index (χ2n) is 5.23. The highest BCUT2D eigenvalue weighted by atomic mass is 32.2. The van der Waals surface area contributed by atoms with E-state index in [2.05, 4.69) is 0 Å². The fraction of sp³-hybridized carbons (Fsp3) is 0.294. The van der Waals surface area contributed by atoms with Crippen molar-refractivity contribution in [2.75, 3.05) is 12.9 Å². The van der Waals surface area contributed by atoms with Crippen molar-refractivity contribution in [1.82, 2.24) is 0 Å². The van der Waals surface area contributed by atoms with Crippen LogP contribution in [-0.4, -0.2) is 23.2 Å². The van der Waals surface area contributed by atoms with Crippen molar-refractivity contribution < 1.29 is 17.5 Å². The SMILES string of the molecule is CSOC[C@H]1CCc2ccc(S(=O)c3cccc(F)c3)cc2O1. The van der Waals surface area contributed by atoms with Crippen molar-refractivity contribution in [2.45, 2.75) is 28.7 Å². The number of hydrogen-bond acceptors (Lipinski definition) is 4. The molecule has 0 aromatic heterocycles. The van der Waals surface area contributed by atoms with E-state index >= 15 is 0 Å². The van der Waals surface area contributed by atoms with Gasteiger partial charge in [-0.25, -0.2) is 8.60 Å². The second-order valence-corrected chi connectivity index (χ2v) is 7.27. The molecule has 1 aliphatic heterocycles. The van der Waals surface area contributed by atoms with Crippen LogP contribution in [0.15, 0.2) is 52.3 Å². The molecule has 3 nitrogen and oxygen atoms in total. The normalized spacial score (nSPS) is 18.1. The van der Waals surface area contributed by atoms with E-state index in [-0.39, 0.29) is 11.9 Å². The molecule has 122 valence electrons. The van der Waals surface area contributed by atoms with Gasteiger partial charge in [0.1, 0.15) is 17.7 Å². The third-order valence-corrected chi connectivity index (χ3v) is 5.40. The van der Waals surface area contributed by atoms with Crippen LogP contribution < -0.4 is 4.74 Å². The van der Waals surface area contributed by atoms with Crippen LogP contribution in [0.5, 0.6) is 5.75 Å². The smallest absolute Gasteiger partial charge is 0.124 e. The van der Waals surface area contributed by atoms with Crippen LogP contribution in [0.4, 0.5) is 4.39 Å². The van der Waals surface area contributed by atoms with Crippen molar-refractivity contribution in [3.05, 3.63) is 53.8 Å². The Kier molecular flexibility index (Phi) is 5.35. The van der Waals surface area contributed by atoms with Crippen LogP contribution in [0.1, 0.15) is 12.0 Å². The summed E-state index contributed by atoms with van der Waals surface area (Å²) in [5.41, 5.74) is 1.10. The quantitative estimate of drug-likeness (QED) is 0.763. The molecule has 0 saturated heterocycles. The summed E-state index contributed by atoms with van der Waals surface area (Å²) in [7, 11) is -1.43. The lowest BCUT2D eigenvalue weighted by atomic mass is 10.0. The van der Waals surface area contributed by atoms with Crippen LogP contribution in [0.3, 0.4) is 0 Å². The number of ether oxygens (including phenoxy) is 1. The molecular weight excluding hydrogens is 335 g/mol. The van der Waals surface area contributed by atoms with Gasteiger partial charge in [-0.1, -0.05) is 12.1 Å². The summed E-state index contributed by atoms with van der Waals surface area (Å²) in [4.78, 5) is 1.06. The number of hydrogen-bond donors (Lipinski definition) is 0. The number of rotatable bonds is 5. The Morgan fingerprint density at radius 3 is 2.91 bits per heavy atom. The molecular formula is C17H17FO3S2. The topological polar surface area (TPSA) is 35.5 Å². The minimum absolute atomic E-state index is 0.00723. The summed E-state index contributed by atoms with van der Waals surface area (Å²) in [6.07, 6.45) is 3.69. The van der Waals surface area contributed by atoms with Gasteiger partial charge in [0.05, 0.1) is 17.4 Å². The van der Waals surface area contributed by atoms with E-state index in [9.17, 15) is 8.60 Å². The number of fused-ring (bicyclic) bond motifs is 1. The monoisotopic (exact) mass is 352 g/mol. The molecule has 0 N–H and O–H groups in total. The summed E-state index contributed by atoms with van der Waals surface area (Å²) in [6.45, 7) is 0.526. The van der Waals surface area contributed by atoms with Crippen LogP contribution in [0, 0.1) is 5.82 Å². The zero-order valence-electron chi connectivity index (χ0n) is 12.7. The van der Waals surface area contributed by atoms with Crippen molar-refractivity contribution in [3.8, 4) is 5.75 Å². The van der Waals surface area contributed by atoms with E-state index in [1.165, 1.54) is 24.2 Å². The van der Waals surface area contributed by atoms with Gasteiger partial charge in [0, 0.05) is 16.0 Å². The van der Waals surface area contributed by atoms with Gasteiger partial charge in [-0.05, 0) is 60.8 Å². The lowest BCUT2D eigenvalue weighted by Gasteiger charge is -2.26. The highest BCUT2D eigenvalue weighted by Gasteiger charge is 2.21. The first-order chi connectivity index (χ1) is 11.2. The minimum atomic E-state index is -1.43. The van der Waals surface area contributed by atoms with E-state index in [1.54, 1.807) is 18.2 Å². The van der Waals surface area contributed by atoms with Gasteiger partial charge in [0.2, 0.25) is 0 Å². The molecule has 2 aromatic carbocycles. The molecule has 0 radical (unpaired) electrons. The Bertz CT molecular complexity index is 721. The van der Waals surface area contributed by atoms with E-state index in [1.807, 2.05) is 18.4 Å². The molecule has 23 heavy (non-hydrogen) atoms. The van der Waals surface area contributed by atoms with Gasteiger partial charge < -0.3 is 8.92 Å². The predicted molar refractivity (Wildman–Crippen MR) is 89.7 cm³/mol. The molecule has 6 heteroatoms. The van der Waals surface area contributed by atoms with Gasteiger partial charge in [-0.3, -0.25) is 0 Å². The number of aryl methyl sites for hydroxylation is 1. The summed E-state index contributed by atoms with van der Waals surface area (Å²) in [5.74, 6) is 0.354. The van der Waals surface area contributed by atoms with Gasteiger partial charge >= 0.3 is 0 Å². The summed E-state index contributed by atoms with van der Waals surface area (Å²) >= 11 is 1.32. The second kappa shape index (κ2) is 7.47. The van der Waals surface area contributed by atoms with Crippen molar-refractivity contribution in [2.24, 2.45) is 0 Å². The Morgan fingerprint density at radius 1 is 1.30 bits per heavy atom. The Morgan fingerprint density at radius 2 is 2.13 bits per heavy atom. The van der Waals surface area contributed by atoms with Gasteiger partial charge in [-0.2, -0.15) is 0 Å². The fourth-order valence-corrected chi connectivity index (χ4v) is 3.89. The molecule has 0 fully saturated rings. The molecule has 2 atom stereocenters. The molecule has 0 aliphatic carbocycles. The predicted octanol–water partition coefficient (Wildman–Crippen LogP) is 3.98. The first-order valence-corrected chi connectivity index (χ1v) is 9.60. The lowest BCUT2D eigenvalue weighted by Crippen LogP contribution is -2.26. The minimum Gasteiger partial charge on any atom is -0.488 e. The zero-order chi connectivity index (χ0) is 16.2. The molecule has 1 aliphatic rings. The van der Waals surface area contributed by atoms with Crippen molar-refractivity contribution in [3.63, 3.8) is 0 Å². The lowest BCUT2D eigenvalue weighted by molar-refractivity contribution is 0.120. The number of halogens is 1. The van der Waals surface area contributed by atoms with E-state index in [4.69, 9.17) is 8.92 Å². The largest absolute Gasteiger partial charge is 0.488 e. The fourth-order valence-electron chi connectivity index (χ4n) is 2.50. The van der Waals surface area contributed by atoms with Crippen LogP contribution in [-0.2, 0) is 21.4 Å². The summed E-state index contributed by atoms with van der Waals surface area (Å²) < 4.78 is 37.2. The molecule has 0 saturated carbocycles. The maximum Gasteiger partial charge on any atom is 0.124 e.